The van der Waals surface area contributed by atoms with Crippen LogP contribution in [0, 0.1) is 28.6 Å². The summed E-state index contributed by atoms with van der Waals surface area (Å²) in [6.07, 6.45) is 6.75. The van der Waals surface area contributed by atoms with Crippen LogP contribution in [-0.4, -0.2) is 48.6 Å². The summed E-state index contributed by atoms with van der Waals surface area (Å²) in [7, 11) is -3.42. The Balaban J connectivity index is 1.54. The molecule has 0 amide bonds. The normalized spacial score (nSPS) is 58.4. The zero-order valence-corrected chi connectivity index (χ0v) is 16.7. The van der Waals surface area contributed by atoms with Gasteiger partial charge in [0.1, 0.15) is 17.0 Å². The first-order valence-electron chi connectivity index (χ1n) is 10.1. The van der Waals surface area contributed by atoms with Crippen LogP contribution < -0.4 is 0 Å². The average Bonchev–Trinajstić information content (AvgIpc) is 3.23. The molecule has 1 spiro atoms. The molecule has 5 nitrogen and oxygen atoms in total. The second-order valence-corrected chi connectivity index (χ2v) is 12.5. The second kappa shape index (κ2) is 4.93. The van der Waals surface area contributed by atoms with E-state index in [1.54, 1.807) is 0 Å². The third kappa shape index (κ3) is 1.89. The Hall–Kier alpha value is -0.460. The number of sulfone groups is 1. The summed E-state index contributed by atoms with van der Waals surface area (Å²) < 4.78 is 30.7. The lowest BCUT2D eigenvalue weighted by atomic mass is 9.45. The van der Waals surface area contributed by atoms with E-state index in [0.717, 1.165) is 38.5 Å². The summed E-state index contributed by atoms with van der Waals surface area (Å²) in [5.41, 5.74) is -0.666. The maximum atomic E-state index is 12.7. The summed E-state index contributed by atoms with van der Waals surface area (Å²) in [6, 6.07) is 0. The Morgan fingerprint density at radius 1 is 1.08 bits per heavy atom. The van der Waals surface area contributed by atoms with Crippen molar-refractivity contribution in [2.24, 2.45) is 28.6 Å². The van der Waals surface area contributed by atoms with Crippen LogP contribution in [0.15, 0.2) is 0 Å². The minimum Gasteiger partial charge on any atom is -0.393 e. The minimum atomic E-state index is -3.42. The monoisotopic (exact) mass is 382 g/mol. The van der Waals surface area contributed by atoms with Gasteiger partial charge >= 0.3 is 0 Å². The van der Waals surface area contributed by atoms with Crippen LogP contribution in [0.3, 0.4) is 0 Å². The lowest BCUT2D eigenvalue weighted by Crippen LogP contribution is -2.61. The van der Waals surface area contributed by atoms with Crippen LogP contribution >= 0.6 is 0 Å². The fraction of sp³-hybridized carbons (Fsp3) is 0.950. The number of aliphatic hydroxyl groups is 1. The Morgan fingerprint density at radius 2 is 1.81 bits per heavy atom. The number of aliphatic hydroxyl groups excluding tert-OH is 1. The average molecular weight is 383 g/mol. The molecule has 5 fully saturated rings. The molecule has 1 saturated heterocycles. The molecule has 4 unspecified atom stereocenters. The SMILES string of the molecule is C[C@]12CC[C@@H]3[C@@H](CCC45OC4C(=O)C(S(C)(=O)=O)C[C@]35C)[C@@H]1CCC2O. The number of fused-ring (bicyclic) bond motifs is 4. The molecule has 146 valence electrons. The van der Waals surface area contributed by atoms with Gasteiger partial charge in [0.25, 0.3) is 0 Å². The first kappa shape index (κ1) is 17.6. The van der Waals surface area contributed by atoms with Crippen LogP contribution in [-0.2, 0) is 19.4 Å². The third-order valence-electron chi connectivity index (χ3n) is 9.42. The Morgan fingerprint density at radius 3 is 2.50 bits per heavy atom. The quantitative estimate of drug-likeness (QED) is 0.702. The van der Waals surface area contributed by atoms with Crippen molar-refractivity contribution in [3.63, 3.8) is 0 Å². The Labute approximate surface area is 155 Å². The molecule has 0 radical (unpaired) electrons. The van der Waals surface area contributed by atoms with Gasteiger partial charge in [-0.05, 0) is 68.1 Å². The van der Waals surface area contributed by atoms with E-state index in [1.807, 2.05) is 0 Å². The van der Waals surface area contributed by atoms with Crippen molar-refractivity contribution in [1.82, 2.24) is 0 Å². The molecule has 0 aromatic carbocycles. The fourth-order valence-corrected chi connectivity index (χ4v) is 9.06. The van der Waals surface area contributed by atoms with Gasteiger partial charge in [-0.1, -0.05) is 13.8 Å². The molecule has 6 heteroatoms. The van der Waals surface area contributed by atoms with Gasteiger partial charge in [-0.25, -0.2) is 8.42 Å². The number of ether oxygens (including phenoxy) is 1. The number of carbonyl (C=O) groups excluding carboxylic acids is 1. The Kier molecular flexibility index (Phi) is 3.34. The van der Waals surface area contributed by atoms with Crippen molar-refractivity contribution in [3.8, 4) is 0 Å². The molecular formula is C20H30O5S. The summed E-state index contributed by atoms with van der Waals surface area (Å²) in [6.45, 7) is 4.45. The highest BCUT2D eigenvalue weighted by Gasteiger charge is 2.78. The van der Waals surface area contributed by atoms with Gasteiger partial charge in [0.2, 0.25) is 0 Å². The van der Waals surface area contributed by atoms with E-state index in [2.05, 4.69) is 13.8 Å². The van der Waals surface area contributed by atoms with Crippen molar-refractivity contribution in [2.75, 3.05) is 6.26 Å². The molecule has 1 N–H and O–H groups in total. The van der Waals surface area contributed by atoms with Crippen LogP contribution in [0.1, 0.15) is 58.8 Å². The molecule has 9 atom stereocenters. The van der Waals surface area contributed by atoms with Gasteiger partial charge in [0.15, 0.2) is 15.6 Å². The molecule has 0 aromatic rings. The number of ketones is 1. The van der Waals surface area contributed by atoms with Crippen molar-refractivity contribution >= 4 is 15.6 Å². The first-order valence-corrected chi connectivity index (χ1v) is 12.1. The van der Waals surface area contributed by atoms with Crippen LogP contribution in [0.2, 0.25) is 0 Å². The van der Waals surface area contributed by atoms with Crippen molar-refractivity contribution in [3.05, 3.63) is 0 Å². The maximum Gasteiger partial charge on any atom is 0.182 e. The number of hydrogen-bond donors (Lipinski definition) is 1. The highest BCUT2D eigenvalue weighted by atomic mass is 32.2. The largest absolute Gasteiger partial charge is 0.393 e. The van der Waals surface area contributed by atoms with E-state index in [9.17, 15) is 18.3 Å². The van der Waals surface area contributed by atoms with Crippen LogP contribution in [0.5, 0.6) is 0 Å². The molecule has 4 aliphatic carbocycles. The molecule has 0 bridgehead atoms. The van der Waals surface area contributed by atoms with Crippen LogP contribution in [0.25, 0.3) is 0 Å². The topological polar surface area (TPSA) is 84.0 Å². The molecular weight excluding hydrogens is 352 g/mol. The number of hydrogen-bond acceptors (Lipinski definition) is 5. The van der Waals surface area contributed by atoms with E-state index >= 15 is 0 Å². The highest BCUT2D eigenvalue weighted by Crippen LogP contribution is 2.72. The summed E-state index contributed by atoms with van der Waals surface area (Å²) in [5, 5.41) is 9.66. The lowest BCUT2D eigenvalue weighted by molar-refractivity contribution is -0.133. The molecule has 0 aromatic heterocycles. The molecule has 1 aliphatic heterocycles. The molecule has 26 heavy (non-hydrogen) atoms. The summed E-state index contributed by atoms with van der Waals surface area (Å²) in [4.78, 5) is 12.7. The van der Waals surface area contributed by atoms with E-state index < -0.39 is 26.8 Å². The van der Waals surface area contributed by atoms with Crippen LogP contribution in [0.4, 0.5) is 0 Å². The zero-order chi connectivity index (χ0) is 18.7. The zero-order valence-electron chi connectivity index (χ0n) is 15.9. The third-order valence-corrected chi connectivity index (χ3v) is 10.9. The lowest BCUT2D eigenvalue weighted by Gasteiger charge is -2.59. The first-order chi connectivity index (χ1) is 12.0. The highest BCUT2D eigenvalue weighted by molar-refractivity contribution is 7.92. The van der Waals surface area contributed by atoms with E-state index in [0.29, 0.717) is 24.2 Å². The number of epoxide rings is 1. The van der Waals surface area contributed by atoms with Gasteiger partial charge in [0, 0.05) is 11.7 Å². The number of rotatable bonds is 1. The summed E-state index contributed by atoms with van der Waals surface area (Å²) in [5.74, 6) is 1.21. The standard InChI is InChI=1S/C20H30O5S/c1-18-8-7-13-11(12(18)4-5-15(18)21)6-9-20-17(25-20)16(22)14(26(3,23)24)10-19(13,20)2/h11-15,17,21H,4-10H2,1-3H3/t11-,12-,13+,14?,15?,17?,18-,19+,20?/m0/s1. The van der Waals surface area contributed by atoms with E-state index in [4.69, 9.17) is 4.74 Å². The van der Waals surface area contributed by atoms with Crippen molar-refractivity contribution in [2.45, 2.75) is 81.9 Å². The Bertz CT molecular complexity index is 777. The van der Waals surface area contributed by atoms with Gasteiger partial charge in [0.05, 0.1) is 6.10 Å². The molecule has 4 saturated carbocycles. The maximum absolute atomic E-state index is 12.7. The minimum absolute atomic E-state index is 0.00651. The fourth-order valence-electron chi connectivity index (χ4n) is 7.86. The van der Waals surface area contributed by atoms with Crippen molar-refractivity contribution in [1.29, 1.82) is 0 Å². The predicted molar refractivity (Wildman–Crippen MR) is 96.3 cm³/mol. The van der Waals surface area contributed by atoms with E-state index in [-0.39, 0.29) is 22.7 Å². The molecule has 1 heterocycles. The summed E-state index contributed by atoms with van der Waals surface area (Å²) >= 11 is 0. The van der Waals surface area contributed by atoms with Gasteiger partial charge in [-0.15, -0.1) is 0 Å². The van der Waals surface area contributed by atoms with Crippen molar-refractivity contribution < 1.29 is 23.1 Å². The van der Waals surface area contributed by atoms with Gasteiger partial charge in [-0.2, -0.15) is 0 Å². The van der Waals surface area contributed by atoms with Gasteiger partial charge in [-0.3, -0.25) is 4.79 Å². The molecule has 5 rings (SSSR count). The smallest absolute Gasteiger partial charge is 0.182 e. The molecule has 5 aliphatic rings. The van der Waals surface area contributed by atoms with Gasteiger partial charge < -0.3 is 9.84 Å². The number of carbonyl (C=O) groups is 1. The predicted octanol–water partition coefficient (Wildman–Crippen LogP) is 2.11. The number of Topliss-reactive ketones (excluding diaryl/α,β-unsaturated/α-hetero) is 1. The second-order valence-electron chi connectivity index (χ2n) is 10.3. The van der Waals surface area contributed by atoms with E-state index in [1.165, 1.54) is 6.26 Å².